The molecule has 1 aliphatic carbocycles. The number of hydrogen-bond acceptors (Lipinski definition) is 3. The second kappa shape index (κ2) is 9.84. The molecule has 0 bridgehead atoms. The van der Waals surface area contributed by atoms with Gasteiger partial charge in [-0.2, -0.15) is 18.4 Å². The molecule has 0 heterocycles. The van der Waals surface area contributed by atoms with E-state index in [-0.39, 0.29) is 30.2 Å². The zero-order valence-electron chi connectivity index (χ0n) is 18.1. The molecule has 0 fully saturated rings. The van der Waals surface area contributed by atoms with E-state index in [1.807, 2.05) is 42.5 Å². The van der Waals surface area contributed by atoms with Crippen LogP contribution in [0, 0.1) is 11.3 Å². The third kappa shape index (κ3) is 4.96. The Balaban J connectivity index is 1.30. The molecular weight excluding hydrogens is 441 g/mol. The van der Waals surface area contributed by atoms with Gasteiger partial charge in [-0.25, -0.2) is 4.79 Å². The summed E-state index contributed by atoms with van der Waals surface area (Å²) in [7, 11) is 0. The summed E-state index contributed by atoms with van der Waals surface area (Å²) in [5, 5.41) is 11.8. The van der Waals surface area contributed by atoms with E-state index in [2.05, 4.69) is 17.4 Å². The van der Waals surface area contributed by atoms with Crippen LogP contribution in [0.25, 0.3) is 17.2 Å². The van der Waals surface area contributed by atoms with E-state index in [0.29, 0.717) is 6.42 Å². The van der Waals surface area contributed by atoms with Crippen molar-refractivity contribution in [3.05, 3.63) is 101 Å². The normalized spacial score (nSPS) is 12.8. The highest BCUT2D eigenvalue weighted by molar-refractivity contribution is 5.79. The van der Waals surface area contributed by atoms with Crippen molar-refractivity contribution in [2.45, 2.75) is 18.5 Å². The molecule has 172 valence electrons. The van der Waals surface area contributed by atoms with Gasteiger partial charge in [0.25, 0.3) is 0 Å². The predicted molar refractivity (Wildman–Crippen MR) is 123 cm³/mol. The molecule has 1 N–H and O–H groups in total. The Bertz CT molecular complexity index is 1230. The highest BCUT2D eigenvalue weighted by atomic mass is 19.4. The smallest absolute Gasteiger partial charge is 0.416 e. The zero-order chi connectivity index (χ0) is 24.1. The molecular formula is C27H21F3N2O2. The van der Waals surface area contributed by atoms with Crippen LogP contribution in [0.1, 0.15) is 40.2 Å². The molecule has 3 aromatic carbocycles. The van der Waals surface area contributed by atoms with Crippen LogP contribution in [0.2, 0.25) is 0 Å². The average molecular weight is 462 g/mol. The summed E-state index contributed by atoms with van der Waals surface area (Å²) in [4.78, 5) is 12.2. The Labute approximate surface area is 195 Å². The maximum Gasteiger partial charge on any atom is 0.416 e. The van der Waals surface area contributed by atoms with Crippen molar-refractivity contribution < 1.29 is 22.7 Å². The van der Waals surface area contributed by atoms with Gasteiger partial charge in [-0.15, -0.1) is 0 Å². The molecule has 4 rings (SSSR count). The summed E-state index contributed by atoms with van der Waals surface area (Å²) in [5.74, 6) is -0.0386. The Morgan fingerprint density at radius 1 is 1.03 bits per heavy atom. The summed E-state index contributed by atoms with van der Waals surface area (Å²) < 4.78 is 44.2. The van der Waals surface area contributed by atoms with Gasteiger partial charge < -0.3 is 10.1 Å². The van der Waals surface area contributed by atoms with Crippen molar-refractivity contribution in [1.29, 1.82) is 5.26 Å². The Morgan fingerprint density at radius 2 is 1.68 bits per heavy atom. The number of fused-ring (bicyclic) bond motifs is 3. The third-order valence-electron chi connectivity index (χ3n) is 5.72. The molecule has 34 heavy (non-hydrogen) atoms. The van der Waals surface area contributed by atoms with Gasteiger partial charge in [0.05, 0.1) is 17.2 Å². The van der Waals surface area contributed by atoms with Crippen LogP contribution in [0.3, 0.4) is 0 Å². The molecule has 0 spiro atoms. The van der Waals surface area contributed by atoms with Crippen molar-refractivity contribution >= 4 is 12.2 Å². The maximum absolute atomic E-state index is 12.9. The molecule has 0 aliphatic heterocycles. The minimum absolute atomic E-state index is 0.0386. The summed E-state index contributed by atoms with van der Waals surface area (Å²) in [6, 6.07) is 20.9. The fourth-order valence-electron chi connectivity index (χ4n) is 4.10. The van der Waals surface area contributed by atoms with E-state index >= 15 is 0 Å². The van der Waals surface area contributed by atoms with E-state index in [0.717, 1.165) is 40.5 Å². The summed E-state index contributed by atoms with van der Waals surface area (Å²) in [5.41, 5.74) is 4.03. The van der Waals surface area contributed by atoms with E-state index in [1.54, 1.807) is 6.08 Å². The lowest BCUT2D eigenvalue weighted by atomic mass is 9.98. The number of ether oxygens (including phenoxy) is 1. The Morgan fingerprint density at radius 3 is 2.29 bits per heavy atom. The first-order valence-electron chi connectivity index (χ1n) is 10.7. The molecule has 0 saturated carbocycles. The first-order valence-corrected chi connectivity index (χ1v) is 10.7. The number of benzene rings is 3. The molecule has 7 heteroatoms. The first-order chi connectivity index (χ1) is 16.4. The van der Waals surface area contributed by atoms with Crippen molar-refractivity contribution in [2.24, 2.45) is 0 Å². The van der Waals surface area contributed by atoms with Crippen molar-refractivity contribution in [1.82, 2.24) is 5.32 Å². The number of hydrogen-bond donors (Lipinski definition) is 1. The van der Waals surface area contributed by atoms with Gasteiger partial charge in [-0.1, -0.05) is 60.7 Å². The fraction of sp³-hybridized carbons (Fsp3) is 0.185. The topological polar surface area (TPSA) is 62.1 Å². The third-order valence-corrected chi connectivity index (χ3v) is 5.72. The average Bonchev–Trinajstić information content (AvgIpc) is 3.15. The number of halogens is 3. The number of amides is 1. The number of nitrogens with zero attached hydrogens (tertiary/aromatic N) is 1. The van der Waals surface area contributed by atoms with Crippen LogP contribution in [0.15, 0.2) is 72.8 Å². The molecule has 0 unspecified atom stereocenters. The standard InChI is InChI=1S/C27H21F3N2O2/c28-27(29,30)20-13-12-19(16-31)18(15-20)7-5-6-14-32-26(33)34-17-25-23-10-3-1-8-21(23)22-9-2-4-11-24(22)25/h1-5,7-13,15,25H,6,14,17H2,(H,32,33). The van der Waals surface area contributed by atoms with E-state index < -0.39 is 17.8 Å². The Hall–Kier alpha value is -4.05. The van der Waals surface area contributed by atoms with Gasteiger partial charge in [0.1, 0.15) is 6.61 Å². The number of alkyl carbamates (subject to hydrolysis) is 1. The minimum atomic E-state index is -4.48. The summed E-state index contributed by atoms with van der Waals surface area (Å²) in [6.45, 7) is 0.444. The molecule has 3 aromatic rings. The fourth-order valence-corrected chi connectivity index (χ4v) is 4.10. The number of rotatable bonds is 6. The Kier molecular flexibility index (Phi) is 6.69. The SMILES string of the molecule is N#Cc1ccc(C(F)(F)F)cc1C=CCCNC(=O)OCC1c2ccccc2-c2ccccc21. The molecule has 0 atom stereocenters. The summed E-state index contributed by atoms with van der Waals surface area (Å²) >= 11 is 0. The van der Waals surface area contributed by atoms with Crippen LogP contribution < -0.4 is 5.32 Å². The monoisotopic (exact) mass is 462 g/mol. The quantitative estimate of drug-likeness (QED) is 0.424. The zero-order valence-corrected chi connectivity index (χ0v) is 18.1. The minimum Gasteiger partial charge on any atom is -0.449 e. The van der Waals surface area contributed by atoms with Crippen LogP contribution in [0.4, 0.5) is 18.0 Å². The molecule has 1 aliphatic rings. The first kappa shape index (κ1) is 23.1. The second-order valence-corrected chi connectivity index (χ2v) is 7.85. The lowest BCUT2D eigenvalue weighted by molar-refractivity contribution is -0.137. The van der Waals surface area contributed by atoms with Gasteiger partial charge in [0.15, 0.2) is 0 Å². The van der Waals surface area contributed by atoms with Crippen molar-refractivity contribution in [2.75, 3.05) is 13.2 Å². The van der Waals surface area contributed by atoms with Crippen LogP contribution in [0.5, 0.6) is 0 Å². The lowest BCUT2D eigenvalue weighted by Crippen LogP contribution is -2.26. The van der Waals surface area contributed by atoms with Crippen LogP contribution in [-0.4, -0.2) is 19.2 Å². The molecule has 1 amide bonds. The molecule has 0 aromatic heterocycles. The summed E-state index contributed by atoms with van der Waals surface area (Å²) in [6.07, 6.45) is -1.62. The number of nitriles is 1. The van der Waals surface area contributed by atoms with Crippen molar-refractivity contribution in [3.8, 4) is 17.2 Å². The highest BCUT2D eigenvalue weighted by Crippen LogP contribution is 2.44. The van der Waals surface area contributed by atoms with E-state index in [1.165, 1.54) is 6.08 Å². The van der Waals surface area contributed by atoms with Gasteiger partial charge in [0.2, 0.25) is 0 Å². The van der Waals surface area contributed by atoms with Gasteiger partial charge >= 0.3 is 12.3 Å². The lowest BCUT2D eigenvalue weighted by Gasteiger charge is -2.14. The number of nitrogens with one attached hydrogen (secondary N) is 1. The van der Waals surface area contributed by atoms with Gasteiger partial charge in [-0.3, -0.25) is 0 Å². The largest absolute Gasteiger partial charge is 0.449 e. The number of carbonyl (C=O) groups excluding carboxylic acids is 1. The van der Waals surface area contributed by atoms with Crippen LogP contribution >= 0.6 is 0 Å². The maximum atomic E-state index is 12.9. The van der Waals surface area contributed by atoms with E-state index in [9.17, 15) is 18.0 Å². The highest BCUT2D eigenvalue weighted by Gasteiger charge is 2.31. The van der Waals surface area contributed by atoms with Crippen molar-refractivity contribution in [3.63, 3.8) is 0 Å². The number of carbonyl (C=O) groups is 1. The van der Waals surface area contributed by atoms with Crippen LogP contribution in [-0.2, 0) is 10.9 Å². The van der Waals surface area contributed by atoms with Gasteiger partial charge in [-0.05, 0) is 52.4 Å². The predicted octanol–water partition coefficient (Wildman–Crippen LogP) is 6.52. The number of alkyl halides is 3. The molecule has 4 nitrogen and oxygen atoms in total. The van der Waals surface area contributed by atoms with E-state index in [4.69, 9.17) is 10.00 Å². The second-order valence-electron chi connectivity index (χ2n) is 7.85. The molecule has 0 saturated heterocycles. The van der Waals surface area contributed by atoms with Gasteiger partial charge in [0, 0.05) is 12.5 Å². The molecule has 0 radical (unpaired) electrons.